The van der Waals surface area contributed by atoms with E-state index in [9.17, 15) is 4.79 Å². The number of rotatable bonds is 6. The average molecular weight is 248 g/mol. The van der Waals surface area contributed by atoms with Crippen LogP contribution < -0.4 is 16.2 Å². The predicted octanol–water partition coefficient (Wildman–Crippen LogP) is -0.517. The van der Waals surface area contributed by atoms with Crippen molar-refractivity contribution in [3.05, 3.63) is 40.9 Å². The third-order valence-electron chi connectivity index (χ3n) is 2.55. The number of aromatic nitrogens is 2. The van der Waals surface area contributed by atoms with Gasteiger partial charge in [-0.05, 0) is 12.1 Å². The fraction of sp³-hybridized carbons (Fsp3) is 0.333. The van der Waals surface area contributed by atoms with Gasteiger partial charge in [-0.1, -0.05) is 12.1 Å². The number of nitrogens with one attached hydrogen (secondary N) is 2. The Morgan fingerprint density at radius 1 is 1.28 bits per heavy atom. The number of nitrogens with zero attached hydrogens (tertiary/aromatic N) is 2. The van der Waals surface area contributed by atoms with E-state index in [0.717, 1.165) is 0 Å². The molecule has 0 atom stereocenters. The summed E-state index contributed by atoms with van der Waals surface area (Å²) in [5.74, 6) is 0. The minimum absolute atomic E-state index is 0.0599. The molecule has 6 heteroatoms. The summed E-state index contributed by atoms with van der Waals surface area (Å²) in [5.41, 5.74) is 0.646. The summed E-state index contributed by atoms with van der Waals surface area (Å²) < 4.78 is 1.52. The zero-order valence-electron chi connectivity index (χ0n) is 9.97. The molecule has 96 valence electrons. The Kier molecular flexibility index (Phi) is 4.40. The average Bonchev–Trinajstić information content (AvgIpc) is 2.41. The molecule has 2 aromatic rings. The van der Waals surface area contributed by atoms with Crippen molar-refractivity contribution in [3.63, 3.8) is 0 Å². The highest BCUT2D eigenvalue weighted by Crippen LogP contribution is 2.03. The van der Waals surface area contributed by atoms with E-state index in [2.05, 4.69) is 15.6 Å². The van der Waals surface area contributed by atoms with Gasteiger partial charge >= 0.3 is 0 Å². The first-order valence-corrected chi connectivity index (χ1v) is 5.79. The number of benzene rings is 1. The van der Waals surface area contributed by atoms with Gasteiger partial charge in [0.25, 0.3) is 5.56 Å². The molecular formula is C12H16N4O2. The van der Waals surface area contributed by atoms with Crippen molar-refractivity contribution in [1.82, 2.24) is 20.2 Å². The molecule has 0 saturated heterocycles. The Hall–Kier alpha value is -1.76. The first-order valence-electron chi connectivity index (χ1n) is 5.79. The summed E-state index contributed by atoms with van der Waals surface area (Å²) in [5, 5.41) is 15.2. The van der Waals surface area contributed by atoms with Crippen LogP contribution in [-0.2, 0) is 6.67 Å². The number of hydrogen-bond donors (Lipinski definition) is 3. The van der Waals surface area contributed by atoms with E-state index < -0.39 is 0 Å². The number of aliphatic hydroxyl groups excluding tert-OH is 1. The first kappa shape index (κ1) is 12.7. The lowest BCUT2D eigenvalue weighted by Gasteiger charge is -2.08. The molecule has 0 bridgehead atoms. The van der Waals surface area contributed by atoms with Crippen LogP contribution in [0.15, 0.2) is 35.4 Å². The van der Waals surface area contributed by atoms with E-state index in [0.29, 0.717) is 30.8 Å². The maximum Gasteiger partial charge on any atom is 0.262 e. The van der Waals surface area contributed by atoms with Gasteiger partial charge in [0.2, 0.25) is 0 Å². The van der Waals surface area contributed by atoms with Crippen LogP contribution in [-0.4, -0.2) is 34.5 Å². The fourth-order valence-electron chi connectivity index (χ4n) is 1.65. The molecular weight excluding hydrogens is 232 g/mol. The SMILES string of the molecule is O=c1c2ccccc2ncn1CNCNCCO. The van der Waals surface area contributed by atoms with Gasteiger partial charge in [0.15, 0.2) is 0 Å². The molecule has 0 radical (unpaired) electrons. The van der Waals surface area contributed by atoms with Crippen LogP contribution in [0.1, 0.15) is 0 Å². The van der Waals surface area contributed by atoms with Gasteiger partial charge in [0, 0.05) is 13.2 Å². The topological polar surface area (TPSA) is 79.2 Å². The van der Waals surface area contributed by atoms with Crippen LogP contribution in [0.4, 0.5) is 0 Å². The Morgan fingerprint density at radius 3 is 2.94 bits per heavy atom. The second-order valence-corrected chi connectivity index (χ2v) is 3.85. The van der Waals surface area contributed by atoms with Crippen LogP contribution in [0.3, 0.4) is 0 Å². The van der Waals surface area contributed by atoms with E-state index in [4.69, 9.17) is 5.11 Å². The highest BCUT2D eigenvalue weighted by Gasteiger charge is 2.01. The fourth-order valence-corrected chi connectivity index (χ4v) is 1.65. The minimum atomic E-state index is -0.0599. The summed E-state index contributed by atoms with van der Waals surface area (Å²) in [6.07, 6.45) is 1.53. The lowest BCUT2D eigenvalue weighted by atomic mass is 10.2. The van der Waals surface area contributed by atoms with E-state index in [1.165, 1.54) is 10.9 Å². The van der Waals surface area contributed by atoms with Crippen molar-refractivity contribution in [2.75, 3.05) is 19.8 Å². The lowest BCUT2D eigenvalue weighted by molar-refractivity contribution is 0.289. The highest BCUT2D eigenvalue weighted by atomic mass is 16.3. The third kappa shape index (κ3) is 2.92. The number of aliphatic hydroxyl groups is 1. The Labute approximate surface area is 104 Å². The number of fused-ring (bicyclic) bond motifs is 1. The summed E-state index contributed by atoms with van der Waals surface area (Å²) in [6.45, 7) is 1.53. The number of para-hydroxylation sites is 1. The maximum atomic E-state index is 12.1. The minimum Gasteiger partial charge on any atom is -0.395 e. The van der Waals surface area contributed by atoms with Gasteiger partial charge < -0.3 is 10.4 Å². The molecule has 1 aromatic carbocycles. The van der Waals surface area contributed by atoms with E-state index in [1.54, 1.807) is 6.07 Å². The van der Waals surface area contributed by atoms with Crippen molar-refractivity contribution in [2.24, 2.45) is 0 Å². The molecule has 1 aromatic heterocycles. The second-order valence-electron chi connectivity index (χ2n) is 3.85. The van der Waals surface area contributed by atoms with Crippen molar-refractivity contribution >= 4 is 10.9 Å². The molecule has 0 saturated carbocycles. The standard InChI is InChI=1S/C12H16N4O2/c17-6-5-13-7-14-8-16-9-15-11-4-2-1-3-10(11)12(16)18/h1-4,9,13-14,17H,5-8H2. The normalized spacial score (nSPS) is 10.9. The van der Waals surface area contributed by atoms with Gasteiger partial charge in [-0.15, -0.1) is 0 Å². The molecule has 0 aliphatic carbocycles. The number of hydrogen-bond acceptors (Lipinski definition) is 5. The molecule has 0 unspecified atom stereocenters. The summed E-state index contributed by atoms with van der Waals surface area (Å²) in [7, 11) is 0. The van der Waals surface area contributed by atoms with Crippen molar-refractivity contribution in [2.45, 2.75) is 6.67 Å². The van der Waals surface area contributed by atoms with Crippen LogP contribution >= 0.6 is 0 Å². The quantitative estimate of drug-likeness (QED) is 0.474. The van der Waals surface area contributed by atoms with Crippen LogP contribution in [0.25, 0.3) is 10.9 Å². The van der Waals surface area contributed by atoms with E-state index in [1.807, 2.05) is 18.2 Å². The molecule has 0 spiro atoms. The molecule has 6 nitrogen and oxygen atoms in total. The molecule has 3 N–H and O–H groups in total. The van der Waals surface area contributed by atoms with Crippen LogP contribution in [0, 0.1) is 0 Å². The summed E-state index contributed by atoms with van der Waals surface area (Å²) >= 11 is 0. The van der Waals surface area contributed by atoms with Gasteiger partial charge in [-0.3, -0.25) is 14.7 Å². The second kappa shape index (κ2) is 6.25. The smallest absolute Gasteiger partial charge is 0.262 e. The zero-order chi connectivity index (χ0) is 12.8. The van der Waals surface area contributed by atoms with E-state index in [-0.39, 0.29) is 12.2 Å². The van der Waals surface area contributed by atoms with Crippen LogP contribution in [0.2, 0.25) is 0 Å². The van der Waals surface area contributed by atoms with E-state index >= 15 is 0 Å². The molecule has 0 fully saturated rings. The Balaban J connectivity index is 2.05. The molecule has 0 amide bonds. The van der Waals surface area contributed by atoms with Gasteiger partial charge in [0.05, 0.1) is 30.5 Å². The third-order valence-corrected chi connectivity index (χ3v) is 2.55. The van der Waals surface area contributed by atoms with Crippen LogP contribution in [0.5, 0.6) is 0 Å². The lowest BCUT2D eigenvalue weighted by Crippen LogP contribution is -2.35. The molecule has 18 heavy (non-hydrogen) atoms. The molecule has 1 heterocycles. The van der Waals surface area contributed by atoms with Gasteiger partial charge in [-0.2, -0.15) is 0 Å². The Bertz CT molecular complexity index is 567. The maximum absolute atomic E-state index is 12.1. The molecule has 0 aliphatic rings. The predicted molar refractivity (Wildman–Crippen MR) is 69.1 cm³/mol. The molecule has 2 rings (SSSR count). The Morgan fingerprint density at radius 2 is 2.11 bits per heavy atom. The van der Waals surface area contributed by atoms with Crippen molar-refractivity contribution < 1.29 is 5.11 Å². The summed E-state index contributed by atoms with van der Waals surface area (Å²) in [6, 6.07) is 7.27. The van der Waals surface area contributed by atoms with Crippen molar-refractivity contribution in [3.8, 4) is 0 Å². The highest BCUT2D eigenvalue weighted by molar-refractivity contribution is 5.76. The van der Waals surface area contributed by atoms with Crippen molar-refractivity contribution in [1.29, 1.82) is 0 Å². The zero-order valence-corrected chi connectivity index (χ0v) is 9.97. The molecule has 0 aliphatic heterocycles. The largest absolute Gasteiger partial charge is 0.395 e. The monoisotopic (exact) mass is 248 g/mol. The van der Waals surface area contributed by atoms with Gasteiger partial charge in [-0.25, -0.2) is 4.98 Å². The first-order chi connectivity index (χ1) is 8.83. The summed E-state index contributed by atoms with van der Waals surface area (Å²) in [4.78, 5) is 16.3. The van der Waals surface area contributed by atoms with Gasteiger partial charge in [0.1, 0.15) is 0 Å².